The molecule has 1 N–H and O–H groups in total. The maximum absolute atomic E-state index is 11.6. The quantitative estimate of drug-likeness (QED) is 0.833. The van der Waals surface area contributed by atoms with E-state index in [-0.39, 0.29) is 5.76 Å². The van der Waals surface area contributed by atoms with Gasteiger partial charge in [0, 0.05) is 24.1 Å². The fourth-order valence-electron chi connectivity index (χ4n) is 2.26. The average molecular weight is 240 g/mol. The van der Waals surface area contributed by atoms with Crippen LogP contribution in [0.25, 0.3) is 17.2 Å². The van der Waals surface area contributed by atoms with Crippen molar-refractivity contribution in [3.05, 3.63) is 63.9 Å². The second-order valence-corrected chi connectivity index (χ2v) is 4.32. The topological polar surface area (TPSA) is 50.4 Å². The number of aliphatic hydroxyl groups is 1. The van der Waals surface area contributed by atoms with E-state index in [9.17, 15) is 9.90 Å². The molecule has 3 nitrogen and oxygen atoms in total. The third-order valence-corrected chi connectivity index (χ3v) is 3.11. The van der Waals surface area contributed by atoms with Crippen molar-refractivity contribution in [1.29, 1.82) is 0 Å². The molecule has 0 saturated carbocycles. The van der Waals surface area contributed by atoms with E-state index in [0.717, 1.165) is 16.7 Å². The highest BCUT2D eigenvalue weighted by Crippen LogP contribution is 2.30. The van der Waals surface area contributed by atoms with Gasteiger partial charge in [0.1, 0.15) is 5.76 Å². The lowest BCUT2D eigenvalue weighted by atomic mass is 9.93. The van der Waals surface area contributed by atoms with Crippen LogP contribution < -0.4 is 5.63 Å². The van der Waals surface area contributed by atoms with Gasteiger partial charge >= 0.3 is 5.63 Å². The molecule has 0 aliphatic heterocycles. The van der Waals surface area contributed by atoms with Gasteiger partial charge in [-0.3, -0.25) is 0 Å². The smallest absolute Gasteiger partial charge is 0.336 e. The monoisotopic (exact) mass is 240 g/mol. The molecule has 1 aliphatic rings. The van der Waals surface area contributed by atoms with Crippen LogP contribution in [0.15, 0.2) is 51.4 Å². The molecule has 0 amide bonds. The molecule has 0 radical (unpaired) electrons. The van der Waals surface area contributed by atoms with Crippen molar-refractivity contribution >= 4 is 6.08 Å². The Kier molecular flexibility index (Phi) is 2.52. The molecule has 1 heterocycles. The summed E-state index contributed by atoms with van der Waals surface area (Å²) >= 11 is 0. The minimum Gasteiger partial charge on any atom is -0.512 e. The van der Waals surface area contributed by atoms with Gasteiger partial charge in [-0.15, -0.1) is 0 Å². The highest BCUT2D eigenvalue weighted by Gasteiger charge is 2.17. The second kappa shape index (κ2) is 4.18. The predicted octanol–water partition coefficient (Wildman–Crippen LogP) is 3.15. The molecule has 0 bridgehead atoms. The summed E-state index contributed by atoms with van der Waals surface area (Å²) < 4.78 is 5.14. The Morgan fingerprint density at radius 1 is 1.11 bits per heavy atom. The van der Waals surface area contributed by atoms with Crippen molar-refractivity contribution < 1.29 is 9.52 Å². The van der Waals surface area contributed by atoms with E-state index in [1.807, 2.05) is 30.3 Å². The van der Waals surface area contributed by atoms with Crippen molar-refractivity contribution in [1.82, 2.24) is 0 Å². The summed E-state index contributed by atoms with van der Waals surface area (Å²) in [4.78, 5) is 11.6. The summed E-state index contributed by atoms with van der Waals surface area (Å²) in [5.41, 5.74) is 2.49. The Labute approximate surface area is 104 Å². The molecule has 90 valence electrons. The summed E-state index contributed by atoms with van der Waals surface area (Å²) in [6.07, 6.45) is 2.80. The van der Waals surface area contributed by atoms with E-state index in [2.05, 4.69) is 0 Å². The van der Waals surface area contributed by atoms with Gasteiger partial charge in [-0.2, -0.15) is 0 Å². The van der Waals surface area contributed by atoms with Gasteiger partial charge in [0.25, 0.3) is 0 Å². The Hall–Kier alpha value is -2.29. The Morgan fingerprint density at radius 2 is 1.89 bits per heavy atom. The first-order valence-corrected chi connectivity index (χ1v) is 5.86. The first kappa shape index (κ1) is 10.8. The van der Waals surface area contributed by atoms with E-state index in [0.29, 0.717) is 18.6 Å². The lowest BCUT2D eigenvalue weighted by Crippen LogP contribution is -2.08. The Bertz CT molecular complexity index is 666. The average Bonchev–Trinajstić information content (AvgIpc) is 2.38. The molecule has 1 aliphatic carbocycles. The van der Waals surface area contributed by atoms with Crippen molar-refractivity contribution in [3.8, 4) is 11.1 Å². The van der Waals surface area contributed by atoms with Crippen LogP contribution in [0.2, 0.25) is 0 Å². The molecule has 0 saturated heterocycles. The fraction of sp³-hybridized carbons (Fsp3) is 0.133. The van der Waals surface area contributed by atoms with Crippen LogP contribution in [0, 0.1) is 0 Å². The summed E-state index contributed by atoms with van der Waals surface area (Å²) in [6, 6.07) is 11.3. The fourth-order valence-corrected chi connectivity index (χ4v) is 2.26. The summed E-state index contributed by atoms with van der Waals surface area (Å²) in [5, 5.41) is 9.51. The lowest BCUT2D eigenvalue weighted by Gasteiger charge is -2.15. The van der Waals surface area contributed by atoms with E-state index in [1.165, 1.54) is 12.1 Å². The van der Waals surface area contributed by atoms with Gasteiger partial charge in [0.2, 0.25) is 0 Å². The van der Waals surface area contributed by atoms with Crippen LogP contribution in [-0.4, -0.2) is 5.11 Å². The van der Waals surface area contributed by atoms with Crippen molar-refractivity contribution in [2.45, 2.75) is 12.8 Å². The number of fused-ring (bicyclic) bond motifs is 1. The standard InChI is InChI=1S/C15H12O3/c16-11-6-7-12-13(10-4-2-1-3-5-10)9-15(17)18-14(12)8-11/h1-5,8-9,16H,6-7H2. The van der Waals surface area contributed by atoms with Gasteiger partial charge in [-0.05, 0) is 17.5 Å². The Morgan fingerprint density at radius 3 is 2.67 bits per heavy atom. The SMILES string of the molecule is O=c1cc(-c2ccccc2)c2c(o1)C=C(O)CC2. The maximum atomic E-state index is 11.6. The minimum absolute atomic E-state index is 0.260. The lowest BCUT2D eigenvalue weighted by molar-refractivity contribution is 0.384. The first-order chi connectivity index (χ1) is 8.74. The van der Waals surface area contributed by atoms with Crippen LogP contribution >= 0.6 is 0 Å². The summed E-state index contributed by atoms with van der Waals surface area (Å²) in [5.74, 6) is 0.737. The first-order valence-electron chi connectivity index (χ1n) is 5.86. The third-order valence-electron chi connectivity index (χ3n) is 3.11. The van der Waals surface area contributed by atoms with Crippen LogP contribution in [0.3, 0.4) is 0 Å². The number of benzene rings is 1. The molecular formula is C15H12O3. The molecule has 0 spiro atoms. The molecule has 1 aromatic carbocycles. The van der Waals surface area contributed by atoms with E-state index < -0.39 is 5.63 Å². The highest BCUT2D eigenvalue weighted by atomic mass is 16.4. The van der Waals surface area contributed by atoms with Crippen LogP contribution in [-0.2, 0) is 6.42 Å². The van der Waals surface area contributed by atoms with Crippen LogP contribution in [0.4, 0.5) is 0 Å². The second-order valence-electron chi connectivity index (χ2n) is 4.32. The highest BCUT2D eigenvalue weighted by molar-refractivity contribution is 5.71. The van der Waals surface area contributed by atoms with Gasteiger partial charge in [0.15, 0.2) is 0 Å². The van der Waals surface area contributed by atoms with Gasteiger partial charge < -0.3 is 9.52 Å². The molecule has 18 heavy (non-hydrogen) atoms. The summed E-state index contributed by atoms with van der Waals surface area (Å²) in [7, 11) is 0. The van der Waals surface area contributed by atoms with E-state index in [4.69, 9.17) is 4.42 Å². The summed E-state index contributed by atoms with van der Waals surface area (Å²) in [6.45, 7) is 0. The predicted molar refractivity (Wildman–Crippen MR) is 69.3 cm³/mol. The zero-order valence-electron chi connectivity index (χ0n) is 9.72. The number of hydrogen-bond acceptors (Lipinski definition) is 3. The van der Waals surface area contributed by atoms with Crippen molar-refractivity contribution in [2.75, 3.05) is 0 Å². The van der Waals surface area contributed by atoms with Crippen LogP contribution in [0.5, 0.6) is 0 Å². The molecule has 0 unspecified atom stereocenters. The Balaban J connectivity index is 2.26. The number of aliphatic hydroxyl groups excluding tert-OH is 1. The van der Waals surface area contributed by atoms with Crippen molar-refractivity contribution in [2.24, 2.45) is 0 Å². The zero-order chi connectivity index (χ0) is 12.5. The molecule has 3 rings (SSSR count). The number of allylic oxidation sites excluding steroid dienone is 1. The van der Waals surface area contributed by atoms with Crippen LogP contribution in [0.1, 0.15) is 17.7 Å². The van der Waals surface area contributed by atoms with Gasteiger partial charge in [0.05, 0.1) is 5.76 Å². The van der Waals surface area contributed by atoms with Gasteiger partial charge in [-0.25, -0.2) is 4.79 Å². The molecule has 0 atom stereocenters. The van der Waals surface area contributed by atoms with Gasteiger partial charge in [-0.1, -0.05) is 30.3 Å². The number of hydrogen-bond donors (Lipinski definition) is 1. The van der Waals surface area contributed by atoms with Crippen molar-refractivity contribution in [3.63, 3.8) is 0 Å². The third kappa shape index (κ3) is 1.84. The molecule has 1 aromatic heterocycles. The normalized spacial score (nSPS) is 13.9. The number of rotatable bonds is 1. The maximum Gasteiger partial charge on any atom is 0.336 e. The molecular weight excluding hydrogens is 228 g/mol. The largest absolute Gasteiger partial charge is 0.512 e. The van der Waals surface area contributed by atoms with E-state index >= 15 is 0 Å². The van der Waals surface area contributed by atoms with E-state index in [1.54, 1.807) is 0 Å². The minimum atomic E-state index is -0.390. The molecule has 2 aromatic rings. The molecule has 0 fully saturated rings. The zero-order valence-corrected chi connectivity index (χ0v) is 9.72. The molecule has 3 heteroatoms.